The molecule has 0 heterocycles. The van der Waals surface area contributed by atoms with Crippen molar-refractivity contribution in [1.29, 1.82) is 0 Å². The Kier molecular flexibility index (Phi) is 4.56. The molecule has 1 atom stereocenters. The zero-order valence-corrected chi connectivity index (χ0v) is 8.99. The number of rotatable bonds is 3. The highest BCUT2D eigenvalue weighted by Crippen LogP contribution is 2.08. The third-order valence-electron chi connectivity index (χ3n) is 1.31. The van der Waals surface area contributed by atoms with E-state index in [-0.39, 0.29) is 6.42 Å². The summed E-state index contributed by atoms with van der Waals surface area (Å²) in [6, 6.07) is -0.949. The first-order chi connectivity index (χ1) is 6.26. The van der Waals surface area contributed by atoms with Gasteiger partial charge in [0.05, 0.1) is 13.5 Å². The fourth-order valence-corrected chi connectivity index (χ4v) is 0.797. The van der Waals surface area contributed by atoms with E-state index in [0.29, 0.717) is 0 Å². The molecule has 0 aromatic rings. The number of ether oxygens (including phenoxy) is 2. The van der Waals surface area contributed by atoms with Crippen LogP contribution in [0.5, 0.6) is 0 Å². The molecule has 0 aliphatic rings. The van der Waals surface area contributed by atoms with Crippen molar-refractivity contribution >= 4 is 11.9 Å². The summed E-state index contributed by atoms with van der Waals surface area (Å²) < 4.78 is 9.35. The minimum absolute atomic E-state index is 0.163. The summed E-state index contributed by atoms with van der Waals surface area (Å²) in [4.78, 5) is 22.0. The van der Waals surface area contributed by atoms with Gasteiger partial charge in [-0.2, -0.15) is 0 Å². The molecular formula is C9H17NO4. The molecule has 0 fully saturated rings. The lowest BCUT2D eigenvalue weighted by Gasteiger charge is -2.20. The Labute approximate surface area is 83.5 Å². The van der Waals surface area contributed by atoms with Crippen LogP contribution < -0.4 is 5.73 Å². The van der Waals surface area contributed by atoms with Crippen molar-refractivity contribution < 1.29 is 19.1 Å². The van der Waals surface area contributed by atoms with Crippen LogP contribution in [0, 0.1) is 0 Å². The van der Waals surface area contributed by atoms with Crippen LogP contribution in [0.15, 0.2) is 0 Å². The third-order valence-corrected chi connectivity index (χ3v) is 1.31. The van der Waals surface area contributed by atoms with Gasteiger partial charge in [-0.1, -0.05) is 0 Å². The highest BCUT2D eigenvalue weighted by atomic mass is 16.6. The number of esters is 2. The van der Waals surface area contributed by atoms with Crippen LogP contribution in [0.4, 0.5) is 0 Å². The molecule has 0 aromatic carbocycles. The van der Waals surface area contributed by atoms with E-state index < -0.39 is 23.6 Å². The van der Waals surface area contributed by atoms with Crippen LogP contribution in [0.2, 0.25) is 0 Å². The zero-order valence-electron chi connectivity index (χ0n) is 8.99. The Morgan fingerprint density at radius 3 is 2.21 bits per heavy atom. The standard InChI is InChI=1S/C9H17NO4/c1-9(2,3)14-7(11)5-6(10)8(12)13-4/h6H,5,10H2,1-4H3/t6-/m1/s1. The Morgan fingerprint density at radius 2 is 1.86 bits per heavy atom. The van der Waals surface area contributed by atoms with Crippen molar-refractivity contribution in [3.8, 4) is 0 Å². The fourth-order valence-electron chi connectivity index (χ4n) is 0.797. The molecule has 0 rings (SSSR count). The molecule has 5 heteroatoms. The van der Waals surface area contributed by atoms with Gasteiger partial charge in [-0.25, -0.2) is 0 Å². The second-order valence-electron chi connectivity index (χ2n) is 3.92. The molecule has 0 aromatic heterocycles. The molecule has 82 valence electrons. The summed E-state index contributed by atoms with van der Waals surface area (Å²) in [5.74, 6) is -1.12. The number of hydrogen-bond donors (Lipinski definition) is 1. The number of carbonyl (C=O) groups excluding carboxylic acids is 2. The summed E-state index contributed by atoms with van der Waals surface area (Å²) in [5, 5.41) is 0. The maximum Gasteiger partial charge on any atom is 0.323 e. The van der Waals surface area contributed by atoms with Gasteiger partial charge in [0.15, 0.2) is 0 Å². The van der Waals surface area contributed by atoms with Gasteiger partial charge < -0.3 is 15.2 Å². The van der Waals surface area contributed by atoms with E-state index in [9.17, 15) is 9.59 Å². The van der Waals surface area contributed by atoms with Crippen LogP contribution in [0.1, 0.15) is 27.2 Å². The predicted octanol–water partition coefficient (Wildman–Crippen LogP) is 0.218. The molecule has 2 N–H and O–H groups in total. The van der Waals surface area contributed by atoms with Gasteiger partial charge in [0.2, 0.25) is 0 Å². The van der Waals surface area contributed by atoms with Gasteiger partial charge in [-0.3, -0.25) is 9.59 Å². The minimum atomic E-state index is -0.949. The van der Waals surface area contributed by atoms with Crippen LogP contribution in [-0.4, -0.2) is 30.7 Å². The van der Waals surface area contributed by atoms with Crippen molar-refractivity contribution in [3.05, 3.63) is 0 Å². The molecule has 0 radical (unpaired) electrons. The minimum Gasteiger partial charge on any atom is -0.468 e. The second-order valence-corrected chi connectivity index (χ2v) is 3.92. The van der Waals surface area contributed by atoms with E-state index >= 15 is 0 Å². The molecular weight excluding hydrogens is 186 g/mol. The highest BCUT2D eigenvalue weighted by molar-refractivity contribution is 5.82. The van der Waals surface area contributed by atoms with Gasteiger partial charge in [-0.05, 0) is 20.8 Å². The molecule has 0 amide bonds. The molecule has 0 unspecified atom stereocenters. The van der Waals surface area contributed by atoms with Crippen molar-refractivity contribution in [1.82, 2.24) is 0 Å². The molecule has 5 nitrogen and oxygen atoms in total. The van der Waals surface area contributed by atoms with Gasteiger partial charge >= 0.3 is 11.9 Å². The summed E-state index contributed by atoms with van der Waals surface area (Å²) in [5.41, 5.74) is 4.81. The SMILES string of the molecule is COC(=O)[C@H](N)CC(=O)OC(C)(C)C. The van der Waals surface area contributed by atoms with E-state index in [1.807, 2.05) is 0 Å². The van der Waals surface area contributed by atoms with Crippen LogP contribution in [-0.2, 0) is 19.1 Å². The first-order valence-corrected chi connectivity index (χ1v) is 4.31. The van der Waals surface area contributed by atoms with E-state index in [0.717, 1.165) is 0 Å². The van der Waals surface area contributed by atoms with E-state index in [1.54, 1.807) is 20.8 Å². The summed E-state index contributed by atoms with van der Waals surface area (Å²) >= 11 is 0. The number of methoxy groups -OCH3 is 1. The summed E-state index contributed by atoms with van der Waals surface area (Å²) in [6.45, 7) is 5.23. The normalized spacial score (nSPS) is 13.2. The van der Waals surface area contributed by atoms with Gasteiger partial charge in [0, 0.05) is 0 Å². The Balaban J connectivity index is 4.01. The summed E-state index contributed by atoms with van der Waals surface area (Å²) in [7, 11) is 1.22. The lowest BCUT2D eigenvalue weighted by Crippen LogP contribution is -2.36. The topological polar surface area (TPSA) is 78.6 Å². The second kappa shape index (κ2) is 4.95. The molecule has 0 saturated heterocycles. The van der Waals surface area contributed by atoms with Crippen molar-refractivity contribution in [2.75, 3.05) is 7.11 Å². The Hall–Kier alpha value is -1.10. The fraction of sp³-hybridized carbons (Fsp3) is 0.778. The number of carbonyl (C=O) groups is 2. The van der Waals surface area contributed by atoms with E-state index in [2.05, 4.69) is 4.74 Å². The maximum absolute atomic E-state index is 11.2. The molecule has 0 bridgehead atoms. The first kappa shape index (κ1) is 12.9. The van der Waals surface area contributed by atoms with Gasteiger partial charge in [0.1, 0.15) is 11.6 Å². The smallest absolute Gasteiger partial charge is 0.323 e. The molecule has 0 saturated carbocycles. The Morgan fingerprint density at radius 1 is 1.36 bits per heavy atom. The van der Waals surface area contributed by atoms with E-state index in [4.69, 9.17) is 10.5 Å². The molecule has 0 aliphatic heterocycles. The average Bonchev–Trinajstić information content (AvgIpc) is 1.99. The van der Waals surface area contributed by atoms with Gasteiger partial charge in [0.25, 0.3) is 0 Å². The lowest BCUT2D eigenvalue weighted by molar-refractivity contribution is -0.158. The van der Waals surface area contributed by atoms with E-state index in [1.165, 1.54) is 7.11 Å². The van der Waals surface area contributed by atoms with Crippen molar-refractivity contribution in [3.63, 3.8) is 0 Å². The largest absolute Gasteiger partial charge is 0.468 e. The number of hydrogen-bond acceptors (Lipinski definition) is 5. The monoisotopic (exact) mass is 203 g/mol. The van der Waals surface area contributed by atoms with Crippen LogP contribution >= 0.6 is 0 Å². The molecule has 14 heavy (non-hydrogen) atoms. The molecule has 0 aliphatic carbocycles. The van der Waals surface area contributed by atoms with Crippen molar-refractivity contribution in [2.45, 2.75) is 38.8 Å². The maximum atomic E-state index is 11.2. The average molecular weight is 203 g/mol. The Bertz CT molecular complexity index is 219. The van der Waals surface area contributed by atoms with Crippen LogP contribution in [0.3, 0.4) is 0 Å². The number of nitrogens with two attached hydrogens (primary N) is 1. The third kappa shape index (κ3) is 5.53. The zero-order chi connectivity index (χ0) is 11.4. The predicted molar refractivity (Wildman–Crippen MR) is 50.5 cm³/mol. The van der Waals surface area contributed by atoms with Gasteiger partial charge in [-0.15, -0.1) is 0 Å². The highest BCUT2D eigenvalue weighted by Gasteiger charge is 2.22. The van der Waals surface area contributed by atoms with Crippen molar-refractivity contribution in [2.24, 2.45) is 5.73 Å². The van der Waals surface area contributed by atoms with Crippen LogP contribution in [0.25, 0.3) is 0 Å². The summed E-state index contributed by atoms with van der Waals surface area (Å²) in [6.07, 6.45) is -0.163. The molecule has 0 spiro atoms. The lowest BCUT2D eigenvalue weighted by atomic mass is 10.2. The quantitative estimate of drug-likeness (QED) is 0.664. The first-order valence-electron chi connectivity index (χ1n) is 4.31.